The molecule has 13 nitrogen and oxygen atoms in total. The highest BCUT2D eigenvalue weighted by molar-refractivity contribution is 7.99. The van der Waals surface area contributed by atoms with Gasteiger partial charge in [-0.25, -0.2) is 0 Å². The highest BCUT2D eigenvalue weighted by Crippen LogP contribution is 2.34. The minimum Gasteiger partial charge on any atom is -0.508 e. The Hall–Kier alpha value is -3.40. The second-order valence-corrected chi connectivity index (χ2v) is 11.4. The van der Waals surface area contributed by atoms with Crippen LogP contribution in [0.25, 0.3) is 11.1 Å². The second-order valence-electron chi connectivity index (χ2n) is 10.0. The maximum absolute atomic E-state index is 12.7. The maximum Gasteiger partial charge on any atom is 0.345 e. The van der Waals surface area contributed by atoms with E-state index in [2.05, 4.69) is 15.8 Å². The molecule has 2 aromatic rings. The number of amides is 3. The van der Waals surface area contributed by atoms with Crippen molar-refractivity contribution in [2.24, 2.45) is 5.18 Å². The fourth-order valence-corrected chi connectivity index (χ4v) is 5.28. The lowest BCUT2D eigenvalue weighted by Crippen LogP contribution is -2.68. The standard InChI is InChI=1S/C29H37N3O10S/c1-3-43-14-4-13-41-29(28(39)32-40)15-22(35)24(31-17(2)33)26(42-29)25(37)23(36)16-30-27(38)20-7-5-18(6-8-20)19-9-11-21(34)12-10-19/h5-12,22-26,34-37H,3-4,13-16H2,1-2H3,(H,30,38)(H,31,33). The molecule has 0 bridgehead atoms. The molecule has 43 heavy (non-hydrogen) atoms. The summed E-state index contributed by atoms with van der Waals surface area (Å²) in [6, 6.07) is 11.8. The lowest BCUT2D eigenvalue weighted by molar-refractivity contribution is -0.301. The maximum atomic E-state index is 12.7. The molecule has 1 fully saturated rings. The molecule has 1 aliphatic rings. The molecule has 14 heteroatoms. The van der Waals surface area contributed by atoms with Crippen LogP contribution < -0.4 is 10.6 Å². The third-order valence-corrected chi connectivity index (χ3v) is 7.86. The van der Waals surface area contributed by atoms with Crippen molar-refractivity contribution in [2.75, 3.05) is 24.7 Å². The molecule has 3 amide bonds. The number of thioether (sulfide) groups is 1. The molecule has 1 saturated heterocycles. The summed E-state index contributed by atoms with van der Waals surface area (Å²) in [6.45, 7) is 2.65. The molecule has 234 valence electrons. The molecule has 0 spiro atoms. The Morgan fingerprint density at radius 3 is 2.33 bits per heavy atom. The van der Waals surface area contributed by atoms with Gasteiger partial charge in [0.05, 0.1) is 24.9 Å². The number of aliphatic hydroxyl groups excluding tert-OH is 3. The number of carbonyl (C=O) groups is 3. The van der Waals surface area contributed by atoms with Crippen LogP contribution in [-0.4, -0.2) is 99.0 Å². The van der Waals surface area contributed by atoms with Gasteiger partial charge in [-0.3, -0.25) is 14.4 Å². The SMILES string of the molecule is CCSCCCOC1(C(=O)N=O)CC(O)C(NC(C)=O)C(C(O)C(O)CNC(=O)c2ccc(-c3ccc(O)cc3)cc2)O1. The van der Waals surface area contributed by atoms with E-state index in [-0.39, 0.29) is 17.9 Å². The first-order valence-electron chi connectivity index (χ1n) is 13.8. The lowest BCUT2D eigenvalue weighted by Gasteiger charge is -2.46. The highest BCUT2D eigenvalue weighted by Gasteiger charge is 2.56. The minimum atomic E-state index is -2.35. The molecule has 3 rings (SSSR count). The van der Waals surface area contributed by atoms with Crippen LogP contribution in [0, 0.1) is 4.91 Å². The van der Waals surface area contributed by atoms with Crippen LogP contribution in [0.1, 0.15) is 37.0 Å². The van der Waals surface area contributed by atoms with Gasteiger partial charge in [0.2, 0.25) is 5.91 Å². The summed E-state index contributed by atoms with van der Waals surface area (Å²) < 4.78 is 11.4. The first-order valence-corrected chi connectivity index (χ1v) is 14.9. The van der Waals surface area contributed by atoms with E-state index >= 15 is 0 Å². The van der Waals surface area contributed by atoms with E-state index < -0.39 is 66.9 Å². The van der Waals surface area contributed by atoms with Gasteiger partial charge in [-0.05, 0) is 53.3 Å². The fraction of sp³-hybridized carbons (Fsp3) is 0.483. The number of phenolic OH excluding ortho intramolecular Hbond substituents is 1. The molecule has 0 aromatic heterocycles. The monoisotopic (exact) mass is 619 g/mol. The minimum absolute atomic E-state index is 0.0290. The summed E-state index contributed by atoms with van der Waals surface area (Å²) in [5, 5.41) is 49.6. The average Bonchev–Trinajstić information content (AvgIpc) is 3.00. The number of aliphatic hydroxyl groups is 3. The van der Waals surface area contributed by atoms with Gasteiger partial charge in [0.15, 0.2) is 0 Å². The number of hydrogen-bond acceptors (Lipinski definition) is 11. The zero-order valence-corrected chi connectivity index (χ0v) is 24.7. The molecule has 6 atom stereocenters. The van der Waals surface area contributed by atoms with Crippen LogP contribution in [0.3, 0.4) is 0 Å². The molecule has 1 heterocycles. The molecule has 6 N–H and O–H groups in total. The molecule has 1 aliphatic heterocycles. The van der Waals surface area contributed by atoms with Crippen LogP contribution in [0.4, 0.5) is 0 Å². The first kappa shape index (κ1) is 34.1. The van der Waals surface area contributed by atoms with Crippen molar-refractivity contribution in [3.8, 4) is 16.9 Å². The van der Waals surface area contributed by atoms with Crippen molar-refractivity contribution >= 4 is 29.5 Å². The van der Waals surface area contributed by atoms with Gasteiger partial charge >= 0.3 is 5.91 Å². The summed E-state index contributed by atoms with van der Waals surface area (Å²) in [5.74, 6) is -3.18. The van der Waals surface area contributed by atoms with Crippen molar-refractivity contribution in [2.45, 2.75) is 62.9 Å². The Bertz CT molecular complexity index is 1250. The number of phenols is 1. The highest BCUT2D eigenvalue weighted by atomic mass is 32.2. The Kier molecular flexibility index (Phi) is 12.6. The molecule has 2 aromatic carbocycles. The average molecular weight is 620 g/mol. The number of hydrogen-bond donors (Lipinski definition) is 6. The summed E-state index contributed by atoms with van der Waals surface area (Å²) in [4.78, 5) is 48.5. The summed E-state index contributed by atoms with van der Waals surface area (Å²) >= 11 is 1.63. The van der Waals surface area contributed by atoms with Gasteiger partial charge < -0.3 is 40.5 Å². The third kappa shape index (κ3) is 9.05. The number of rotatable bonds is 14. The predicted octanol–water partition coefficient (Wildman–Crippen LogP) is 1.31. The zero-order valence-electron chi connectivity index (χ0n) is 23.8. The molecular weight excluding hydrogens is 582 g/mol. The van der Waals surface area contributed by atoms with Gasteiger partial charge in [0, 0.05) is 30.6 Å². The Balaban J connectivity index is 1.71. The van der Waals surface area contributed by atoms with Gasteiger partial charge in [0.25, 0.3) is 11.7 Å². The van der Waals surface area contributed by atoms with Crippen LogP contribution in [-0.2, 0) is 19.1 Å². The van der Waals surface area contributed by atoms with Crippen LogP contribution >= 0.6 is 11.8 Å². The second kappa shape index (κ2) is 15.9. The number of nitrogens with zero attached hydrogens (tertiary/aromatic N) is 1. The lowest BCUT2D eigenvalue weighted by atomic mass is 9.88. The van der Waals surface area contributed by atoms with Gasteiger partial charge in [-0.15, -0.1) is 4.91 Å². The predicted molar refractivity (Wildman–Crippen MR) is 158 cm³/mol. The normalized spacial score (nSPS) is 23.1. The number of nitrogens with one attached hydrogen (secondary N) is 2. The Morgan fingerprint density at radius 2 is 1.74 bits per heavy atom. The zero-order chi connectivity index (χ0) is 31.6. The van der Waals surface area contributed by atoms with Gasteiger partial charge in [0.1, 0.15) is 18.0 Å². The largest absolute Gasteiger partial charge is 0.508 e. The number of carbonyl (C=O) groups excluding carboxylic acids is 3. The van der Waals surface area contributed by atoms with Crippen molar-refractivity contribution in [3.05, 3.63) is 59.0 Å². The van der Waals surface area contributed by atoms with Crippen molar-refractivity contribution in [1.29, 1.82) is 0 Å². The van der Waals surface area contributed by atoms with Crippen LogP contribution in [0.15, 0.2) is 53.7 Å². The first-order chi connectivity index (χ1) is 20.5. The fourth-order valence-electron chi connectivity index (χ4n) is 4.67. The van der Waals surface area contributed by atoms with E-state index in [1.165, 1.54) is 6.92 Å². The Labute approximate surface area is 252 Å². The molecule has 6 unspecified atom stereocenters. The van der Waals surface area contributed by atoms with E-state index in [1.807, 2.05) is 6.92 Å². The topological polar surface area (TPSA) is 204 Å². The molecule has 0 radical (unpaired) electrons. The van der Waals surface area contributed by atoms with Gasteiger partial charge in [-0.1, -0.05) is 31.2 Å². The number of aromatic hydroxyl groups is 1. The van der Waals surface area contributed by atoms with E-state index in [4.69, 9.17) is 9.47 Å². The third-order valence-electron chi connectivity index (χ3n) is 6.87. The van der Waals surface area contributed by atoms with E-state index in [0.717, 1.165) is 16.9 Å². The van der Waals surface area contributed by atoms with Crippen LogP contribution in [0.5, 0.6) is 5.75 Å². The number of benzene rings is 2. The number of nitroso groups, excluding NO2 is 1. The van der Waals surface area contributed by atoms with Crippen molar-refractivity contribution in [3.63, 3.8) is 0 Å². The van der Waals surface area contributed by atoms with Crippen molar-refractivity contribution in [1.82, 2.24) is 10.6 Å². The van der Waals surface area contributed by atoms with Gasteiger partial charge in [-0.2, -0.15) is 11.8 Å². The summed E-state index contributed by atoms with van der Waals surface area (Å²) in [5.41, 5.74) is 1.90. The molecule has 0 aliphatic carbocycles. The van der Waals surface area contributed by atoms with E-state index in [9.17, 15) is 39.7 Å². The summed E-state index contributed by atoms with van der Waals surface area (Å²) in [7, 11) is 0. The molecular formula is C29H37N3O10S. The van der Waals surface area contributed by atoms with Crippen molar-refractivity contribution < 1.29 is 44.3 Å². The molecule has 0 saturated carbocycles. The Morgan fingerprint density at radius 1 is 1.12 bits per heavy atom. The van der Waals surface area contributed by atoms with E-state index in [0.29, 0.717) is 12.2 Å². The summed E-state index contributed by atoms with van der Waals surface area (Å²) in [6.07, 6.45) is -6.77. The van der Waals surface area contributed by atoms with Crippen LogP contribution in [0.2, 0.25) is 0 Å². The smallest absolute Gasteiger partial charge is 0.345 e. The van der Waals surface area contributed by atoms with E-state index in [1.54, 1.807) is 60.3 Å². The number of ether oxygens (including phenoxy) is 2. The quantitative estimate of drug-likeness (QED) is 0.131.